The SMILES string of the molecule is CCCC(C)(N)C(=O)Nc1cc(CC(C)(C)C)[nH]n1.Cl. The zero-order chi connectivity index (χ0) is 14.7. The number of aromatic nitrogens is 2. The number of anilines is 1. The first kappa shape index (κ1) is 18.9. The van der Waals surface area contributed by atoms with Gasteiger partial charge in [-0.05, 0) is 25.2 Å². The molecule has 0 aliphatic carbocycles. The zero-order valence-corrected chi connectivity index (χ0v) is 13.9. The van der Waals surface area contributed by atoms with Crippen molar-refractivity contribution in [3.8, 4) is 0 Å². The Labute approximate surface area is 127 Å². The minimum Gasteiger partial charge on any atom is -0.318 e. The zero-order valence-electron chi connectivity index (χ0n) is 13.0. The lowest BCUT2D eigenvalue weighted by Gasteiger charge is -2.21. The third-order valence-electron chi connectivity index (χ3n) is 2.88. The van der Waals surface area contributed by atoms with Gasteiger partial charge in [0.2, 0.25) is 5.91 Å². The molecule has 0 bridgehead atoms. The van der Waals surface area contributed by atoms with Gasteiger partial charge in [0.1, 0.15) is 0 Å². The molecule has 1 aromatic rings. The molecule has 4 N–H and O–H groups in total. The van der Waals surface area contributed by atoms with Crippen LogP contribution in [0.1, 0.15) is 53.2 Å². The van der Waals surface area contributed by atoms with E-state index in [0.29, 0.717) is 12.2 Å². The van der Waals surface area contributed by atoms with Gasteiger partial charge in [-0.2, -0.15) is 5.10 Å². The van der Waals surface area contributed by atoms with Gasteiger partial charge in [0.15, 0.2) is 5.82 Å². The lowest BCUT2D eigenvalue weighted by molar-refractivity contribution is -0.120. The molecular weight excluding hydrogens is 276 g/mol. The summed E-state index contributed by atoms with van der Waals surface area (Å²) < 4.78 is 0. The quantitative estimate of drug-likeness (QED) is 0.782. The van der Waals surface area contributed by atoms with Crippen molar-refractivity contribution in [1.82, 2.24) is 10.2 Å². The van der Waals surface area contributed by atoms with Gasteiger partial charge < -0.3 is 11.1 Å². The summed E-state index contributed by atoms with van der Waals surface area (Å²) in [6.07, 6.45) is 2.40. The number of carbonyl (C=O) groups excluding carboxylic acids is 1. The normalized spacial score (nSPS) is 14.3. The van der Waals surface area contributed by atoms with Gasteiger partial charge in [-0.15, -0.1) is 12.4 Å². The van der Waals surface area contributed by atoms with Crippen LogP contribution in [-0.4, -0.2) is 21.6 Å². The molecule has 0 saturated heterocycles. The highest BCUT2D eigenvalue weighted by Gasteiger charge is 2.27. The van der Waals surface area contributed by atoms with Crippen molar-refractivity contribution in [3.05, 3.63) is 11.8 Å². The van der Waals surface area contributed by atoms with Crippen molar-refractivity contribution in [3.63, 3.8) is 0 Å². The Hall–Kier alpha value is -1.07. The molecule has 1 amide bonds. The van der Waals surface area contributed by atoms with E-state index in [1.165, 1.54) is 0 Å². The summed E-state index contributed by atoms with van der Waals surface area (Å²) in [5, 5.41) is 9.81. The highest BCUT2D eigenvalue weighted by molar-refractivity contribution is 5.96. The number of nitrogens with one attached hydrogen (secondary N) is 2. The van der Waals surface area contributed by atoms with E-state index in [1.54, 1.807) is 6.92 Å². The van der Waals surface area contributed by atoms with Crippen LogP contribution in [0.3, 0.4) is 0 Å². The molecule has 6 heteroatoms. The van der Waals surface area contributed by atoms with E-state index in [9.17, 15) is 4.79 Å². The number of aromatic amines is 1. The Kier molecular flexibility index (Phi) is 6.71. The number of H-pyrrole nitrogens is 1. The molecule has 1 heterocycles. The van der Waals surface area contributed by atoms with Crippen molar-refractivity contribution in [2.75, 3.05) is 5.32 Å². The van der Waals surface area contributed by atoms with Crippen molar-refractivity contribution < 1.29 is 4.79 Å². The van der Waals surface area contributed by atoms with Crippen LogP contribution in [0, 0.1) is 5.41 Å². The summed E-state index contributed by atoms with van der Waals surface area (Å²) >= 11 is 0. The number of rotatable bonds is 5. The van der Waals surface area contributed by atoms with Gasteiger partial charge in [0.25, 0.3) is 0 Å². The van der Waals surface area contributed by atoms with Crippen molar-refractivity contribution in [2.24, 2.45) is 11.1 Å². The number of nitrogens with zero attached hydrogens (tertiary/aromatic N) is 1. The summed E-state index contributed by atoms with van der Waals surface area (Å²) in [5.74, 6) is 0.347. The van der Waals surface area contributed by atoms with Gasteiger partial charge in [0.05, 0.1) is 5.54 Å². The maximum absolute atomic E-state index is 12.0. The Morgan fingerprint density at radius 2 is 2.00 bits per heavy atom. The fraction of sp³-hybridized carbons (Fsp3) is 0.714. The molecule has 0 fully saturated rings. The van der Waals surface area contributed by atoms with Gasteiger partial charge in [-0.3, -0.25) is 9.89 Å². The van der Waals surface area contributed by atoms with E-state index in [1.807, 2.05) is 13.0 Å². The maximum atomic E-state index is 12.0. The third kappa shape index (κ3) is 5.92. The fourth-order valence-corrected chi connectivity index (χ4v) is 1.98. The molecule has 0 aliphatic rings. The third-order valence-corrected chi connectivity index (χ3v) is 2.88. The second-order valence-corrected chi connectivity index (χ2v) is 6.64. The van der Waals surface area contributed by atoms with Gasteiger partial charge in [-0.25, -0.2) is 0 Å². The summed E-state index contributed by atoms with van der Waals surface area (Å²) in [4.78, 5) is 12.0. The first-order valence-electron chi connectivity index (χ1n) is 6.79. The molecule has 0 aromatic carbocycles. The van der Waals surface area contributed by atoms with E-state index in [0.717, 1.165) is 18.5 Å². The number of amides is 1. The Morgan fingerprint density at radius 1 is 1.40 bits per heavy atom. The minimum absolute atomic E-state index is 0. The van der Waals surface area contributed by atoms with Crippen molar-refractivity contribution in [2.45, 2.75) is 59.4 Å². The molecule has 0 spiro atoms. The molecule has 116 valence electrons. The van der Waals surface area contributed by atoms with E-state index in [-0.39, 0.29) is 23.7 Å². The largest absolute Gasteiger partial charge is 0.318 e. The topological polar surface area (TPSA) is 83.8 Å². The highest BCUT2D eigenvalue weighted by atomic mass is 35.5. The van der Waals surface area contributed by atoms with Crippen LogP contribution < -0.4 is 11.1 Å². The van der Waals surface area contributed by atoms with Crippen LogP contribution in [0.25, 0.3) is 0 Å². The molecule has 1 atom stereocenters. The monoisotopic (exact) mass is 302 g/mol. The molecule has 1 rings (SSSR count). The average Bonchev–Trinajstić information content (AvgIpc) is 2.62. The number of carbonyl (C=O) groups is 1. The van der Waals surface area contributed by atoms with Gasteiger partial charge in [0, 0.05) is 11.8 Å². The molecule has 1 unspecified atom stereocenters. The summed E-state index contributed by atoms with van der Waals surface area (Å²) in [7, 11) is 0. The summed E-state index contributed by atoms with van der Waals surface area (Å²) in [6.45, 7) is 10.2. The van der Waals surface area contributed by atoms with E-state index < -0.39 is 5.54 Å². The first-order valence-corrected chi connectivity index (χ1v) is 6.79. The number of nitrogens with two attached hydrogens (primary N) is 1. The standard InChI is InChI=1S/C14H26N4O.ClH/c1-6-7-14(5,15)12(19)16-11-8-10(17-18-11)9-13(2,3)4;/h8H,6-7,9,15H2,1-5H3,(H2,16,17,18,19);1H. The summed E-state index contributed by atoms with van der Waals surface area (Å²) in [6, 6.07) is 1.87. The van der Waals surface area contributed by atoms with Crippen LogP contribution in [-0.2, 0) is 11.2 Å². The predicted molar refractivity (Wildman–Crippen MR) is 85.1 cm³/mol. The second kappa shape index (κ2) is 7.09. The Morgan fingerprint density at radius 3 is 2.50 bits per heavy atom. The van der Waals surface area contributed by atoms with Crippen molar-refractivity contribution in [1.29, 1.82) is 0 Å². The van der Waals surface area contributed by atoms with Crippen LogP contribution in [0.2, 0.25) is 0 Å². The smallest absolute Gasteiger partial charge is 0.245 e. The average molecular weight is 303 g/mol. The second-order valence-electron chi connectivity index (χ2n) is 6.64. The van der Waals surface area contributed by atoms with E-state index in [2.05, 4.69) is 36.3 Å². The lowest BCUT2D eigenvalue weighted by atomic mass is 9.91. The Balaban J connectivity index is 0.00000361. The molecule has 0 aliphatic heterocycles. The first-order chi connectivity index (χ1) is 8.64. The molecule has 0 radical (unpaired) electrons. The highest BCUT2D eigenvalue weighted by Crippen LogP contribution is 2.21. The van der Waals surface area contributed by atoms with Gasteiger partial charge in [-0.1, -0.05) is 34.1 Å². The lowest BCUT2D eigenvalue weighted by Crippen LogP contribution is -2.48. The number of hydrogen-bond donors (Lipinski definition) is 3. The fourth-order valence-electron chi connectivity index (χ4n) is 1.98. The van der Waals surface area contributed by atoms with Crippen LogP contribution >= 0.6 is 12.4 Å². The maximum Gasteiger partial charge on any atom is 0.245 e. The minimum atomic E-state index is -0.849. The molecule has 0 saturated carbocycles. The molecule has 5 nitrogen and oxygen atoms in total. The predicted octanol–water partition coefficient (Wildman–Crippen LogP) is 2.88. The Bertz CT molecular complexity index is 435. The molecule has 20 heavy (non-hydrogen) atoms. The van der Waals surface area contributed by atoms with Crippen LogP contribution in [0.5, 0.6) is 0 Å². The van der Waals surface area contributed by atoms with E-state index >= 15 is 0 Å². The van der Waals surface area contributed by atoms with Crippen LogP contribution in [0.15, 0.2) is 6.07 Å². The summed E-state index contributed by atoms with van der Waals surface area (Å²) in [5.41, 5.74) is 6.32. The molecule has 1 aromatic heterocycles. The van der Waals surface area contributed by atoms with E-state index in [4.69, 9.17) is 5.73 Å². The number of hydrogen-bond acceptors (Lipinski definition) is 3. The molecular formula is C14H27ClN4O. The van der Waals surface area contributed by atoms with Crippen LogP contribution in [0.4, 0.5) is 5.82 Å². The van der Waals surface area contributed by atoms with Crippen molar-refractivity contribution >= 4 is 24.1 Å². The van der Waals surface area contributed by atoms with Gasteiger partial charge >= 0.3 is 0 Å². The number of halogens is 1.